The summed E-state index contributed by atoms with van der Waals surface area (Å²) in [6.07, 6.45) is 0.265. The van der Waals surface area contributed by atoms with Crippen molar-refractivity contribution < 1.29 is 19.4 Å². The lowest BCUT2D eigenvalue weighted by atomic mass is 9.98. The van der Waals surface area contributed by atoms with Crippen LogP contribution in [0.5, 0.6) is 0 Å². The monoisotopic (exact) mass is 158 g/mol. The van der Waals surface area contributed by atoms with Crippen molar-refractivity contribution in [1.82, 2.24) is 0 Å². The van der Waals surface area contributed by atoms with Gasteiger partial charge in [-0.05, 0) is 13.8 Å². The average molecular weight is 158 g/mol. The predicted octanol–water partition coefficient (Wildman–Crippen LogP) is 0.413. The predicted molar refractivity (Wildman–Crippen MR) is 35.9 cm³/mol. The van der Waals surface area contributed by atoms with Gasteiger partial charge in [-0.25, -0.2) is 0 Å². The molecule has 1 aliphatic rings. The van der Waals surface area contributed by atoms with Crippen LogP contribution < -0.4 is 0 Å². The van der Waals surface area contributed by atoms with Gasteiger partial charge in [-0.2, -0.15) is 0 Å². The van der Waals surface area contributed by atoms with E-state index in [0.29, 0.717) is 0 Å². The molecule has 1 rings (SSSR count). The van der Waals surface area contributed by atoms with Crippen LogP contribution in [0.4, 0.5) is 0 Å². The molecule has 62 valence electrons. The molecule has 4 heteroatoms. The minimum atomic E-state index is -1.10. The van der Waals surface area contributed by atoms with E-state index in [1.165, 1.54) is 0 Å². The summed E-state index contributed by atoms with van der Waals surface area (Å²) in [4.78, 5) is 21.2. The molecular weight excluding hydrogens is 148 g/mol. The van der Waals surface area contributed by atoms with Crippen molar-refractivity contribution in [3.05, 3.63) is 0 Å². The molecule has 0 saturated carbocycles. The molecule has 0 aromatic heterocycles. The summed E-state index contributed by atoms with van der Waals surface area (Å²) in [7, 11) is 0. The lowest BCUT2D eigenvalue weighted by molar-refractivity contribution is -0.154. The van der Waals surface area contributed by atoms with Crippen LogP contribution in [0.2, 0.25) is 0 Å². The van der Waals surface area contributed by atoms with E-state index < -0.39 is 23.5 Å². The number of carboxylic acid groups (broad SMARTS) is 1. The Morgan fingerprint density at radius 2 is 2.27 bits per heavy atom. The van der Waals surface area contributed by atoms with Crippen LogP contribution >= 0.6 is 0 Å². The third-order valence-electron chi connectivity index (χ3n) is 1.66. The zero-order chi connectivity index (χ0) is 8.65. The first kappa shape index (κ1) is 8.04. The van der Waals surface area contributed by atoms with E-state index in [1.54, 1.807) is 13.8 Å². The van der Waals surface area contributed by atoms with Crippen LogP contribution in [0.15, 0.2) is 0 Å². The summed E-state index contributed by atoms with van der Waals surface area (Å²) in [6, 6.07) is 0. The minimum absolute atomic E-state index is 0.265. The Labute approximate surface area is 64.2 Å². The number of cyclic esters (lactones) is 1. The van der Waals surface area contributed by atoms with E-state index in [9.17, 15) is 9.59 Å². The highest BCUT2D eigenvalue weighted by Gasteiger charge is 2.44. The van der Waals surface area contributed by atoms with Crippen molar-refractivity contribution in [2.45, 2.75) is 25.9 Å². The highest BCUT2D eigenvalue weighted by atomic mass is 16.6. The van der Waals surface area contributed by atoms with Crippen molar-refractivity contribution in [3.63, 3.8) is 0 Å². The molecule has 0 amide bonds. The highest BCUT2D eigenvalue weighted by Crippen LogP contribution is 2.30. The first-order valence-corrected chi connectivity index (χ1v) is 3.38. The number of ether oxygens (including phenoxy) is 1. The molecular formula is C7H10O4. The van der Waals surface area contributed by atoms with Crippen LogP contribution in [0, 0.1) is 5.92 Å². The van der Waals surface area contributed by atoms with Crippen LogP contribution in [0.3, 0.4) is 0 Å². The number of hydrogen-bond acceptors (Lipinski definition) is 3. The van der Waals surface area contributed by atoms with E-state index in [2.05, 4.69) is 0 Å². The maximum absolute atomic E-state index is 10.8. The zero-order valence-corrected chi connectivity index (χ0v) is 6.46. The fraction of sp³-hybridized carbons (Fsp3) is 0.714. The number of carbonyl (C=O) groups excluding carboxylic acids is 1. The van der Waals surface area contributed by atoms with E-state index in [-0.39, 0.29) is 6.42 Å². The van der Waals surface area contributed by atoms with Gasteiger partial charge in [-0.1, -0.05) is 0 Å². The second kappa shape index (κ2) is 2.22. The fourth-order valence-electron chi connectivity index (χ4n) is 1.15. The molecule has 11 heavy (non-hydrogen) atoms. The molecule has 0 radical (unpaired) electrons. The van der Waals surface area contributed by atoms with E-state index in [0.717, 1.165) is 0 Å². The second-order valence-electron chi connectivity index (χ2n) is 3.28. The summed E-state index contributed by atoms with van der Waals surface area (Å²) in [5.74, 6) is -2.69. The SMILES string of the molecule is CC1(C)C[C@@H](C(=O)O)C(=O)O1. The summed E-state index contributed by atoms with van der Waals surface area (Å²) in [6.45, 7) is 3.40. The van der Waals surface area contributed by atoms with E-state index >= 15 is 0 Å². The van der Waals surface area contributed by atoms with Gasteiger partial charge in [0.2, 0.25) is 0 Å². The molecule has 1 atom stereocenters. The summed E-state index contributed by atoms with van der Waals surface area (Å²) < 4.78 is 4.80. The molecule has 1 heterocycles. The fourth-order valence-corrected chi connectivity index (χ4v) is 1.15. The van der Waals surface area contributed by atoms with Gasteiger partial charge in [0.1, 0.15) is 5.60 Å². The van der Waals surface area contributed by atoms with Gasteiger partial charge in [0.05, 0.1) is 0 Å². The van der Waals surface area contributed by atoms with Crippen LogP contribution in [0.1, 0.15) is 20.3 Å². The third-order valence-corrected chi connectivity index (χ3v) is 1.66. The van der Waals surface area contributed by atoms with Gasteiger partial charge in [0.25, 0.3) is 0 Å². The maximum atomic E-state index is 10.8. The zero-order valence-electron chi connectivity index (χ0n) is 6.46. The second-order valence-corrected chi connectivity index (χ2v) is 3.28. The summed E-state index contributed by atoms with van der Waals surface area (Å²) >= 11 is 0. The van der Waals surface area contributed by atoms with Crippen molar-refractivity contribution in [2.75, 3.05) is 0 Å². The number of aliphatic carboxylic acids is 1. The van der Waals surface area contributed by atoms with Gasteiger partial charge in [0, 0.05) is 6.42 Å². The average Bonchev–Trinajstić information content (AvgIpc) is 2.05. The molecule has 0 aliphatic carbocycles. The highest BCUT2D eigenvalue weighted by molar-refractivity contribution is 5.95. The largest absolute Gasteiger partial charge is 0.481 e. The minimum Gasteiger partial charge on any atom is -0.481 e. The van der Waals surface area contributed by atoms with E-state index in [4.69, 9.17) is 9.84 Å². The van der Waals surface area contributed by atoms with Crippen molar-refractivity contribution in [1.29, 1.82) is 0 Å². The molecule has 1 aliphatic heterocycles. The molecule has 0 aromatic carbocycles. The van der Waals surface area contributed by atoms with Crippen molar-refractivity contribution in [3.8, 4) is 0 Å². The number of carboxylic acids is 1. The van der Waals surface area contributed by atoms with Crippen molar-refractivity contribution >= 4 is 11.9 Å². The first-order valence-electron chi connectivity index (χ1n) is 3.38. The topological polar surface area (TPSA) is 63.6 Å². The third kappa shape index (κ3) is 1.50. The van der Waals surface area contributed by atoms with Gasteiger partial charge in [-0.3, -0.25) is 9.59 Å². The molecule has 0 unspecified atom stereocenters. The number of carbonyl (C=O) groups is 2. The number of rotatable bonds is 1. The molecule has 1 fully saturated rings. The Balaban J connectivity index is 2.74. The van der Waals surface area contributed by atoms with Crippen LogP contribution in [0.25, 0.3) is 0 Å². The van der Waals surface area contributed by atoms with Gasteiger partial charge in [-0.15, -0.1) is 0 Å². The Bertz CT molecular complexity index is 206. The lowest BCUT2D eigenvalue weighted by Gasteiger charge is -2.14. The van der Waals surface area contributed by atoms with Crippen LogP contribution in [-0.4, -0.2) is 22.6 Å². The normalized spacial score (nSPS) is 28.2. The quantitative estimate of drug-likeness (QED) is 0.443. The Kier molecular flexibility index (Phi) is 1.62. The Morgan fingerprint density at radius 1 is 1.73 bits per heavy atom. The molecule has 1 saturated heterocycles. The molecule has 4 nitrogen and oxygen atoms in total. The standard InChI is InChI=1S/C7H10O4/c1-7(2)3-4(5(8)9)6(10)11-7/h4H,3H2,1-2H3,(H,8,9)/t4-/m0/s1. The first-order chi connectivity index (χ1) is 4.92. The smallest absolute Gasteiger partial charge is 0.321 e. The Morgan fingerprint density at radius 3 is 2.45 bits per heavy atom. The molecule has 0 aromatic rings. The van der Waals surface area contributed by atoms with E-state index in [1.807, 2.05) is 0 Å². The van der Waals surface area contributed by atoms with Crippen molar-refractivity contribution in [2.24, 2.45) is 5.92 Å². The summed E-state index contributed by atoms with van der Waals surface area (Å²) in [5, 5.41) is 8.52. The van der Waals surface area contributed by atoms with Gasteiger partial charge < -0.3 is 9.84 Å². The summed E-state index contributed by atoms with van der Waals surface area (Å²) in [5.41, 5.74) is -0.611. The molecule has 1 N–H and O–H groups in total. The molecule has 0 bridgehead atoms. The lowest BCUT2D eigenvalue weighted by Crippen LogP contribution is -2.18. The van der Waals surface area contributed by atoms with Crippen LogP contribution in [-0.2, 0) is 14.3 Å². The van der Waals surface area contributed by atoms with Gasteiger partial charge in [0.15, 0.2) is 5.92 Å². The number of esters is 1. The van der Waals surface area contributed by atoms with Gasteiger partial charge >= 0.3 is 11.9 Å². The molecule has 0 spiro atoms. The number of hydrogen-bond donors (Lipinski definition) is 1. The Hall–Kier alpha value is -1.06. The maximum Gasteiger partial charge on any atom is 0.321 e.